The number of carbonyl (C=O) groups is 1. The molecule has 0 spiro atoms. The normalized spacial score (nSPS) is 19.0. The molecule has 0 bridgehead atoms. The molecule has 0 unspecified atom stereocenters. The van der Waals surface area contributed by atoms with Crippen LogP contribution in [0.1, 0.15) is 40.7 Å². The standard InChI is InChI=1S/C14H18N4O3/c1-3-10-6-12(21-17-10)14(19)18-4-5-20-8-11(18)13-15-7-9(2)16-13/h6-7,11H,3-5,8H2,1-2H3,(H,15,16)/t11-/m1/s1. The van der Waals surface area contributed by atoms with E-state index in [2.05, 4.69) is 15.1 Å². The Hall–Kier alpha value is -2.15. The van der Waals surface area contributed by atoms with Gasteiger partial charge in [-0.3, -0.25) is 4.79 Å². The number of hydrogen-bond donors (Lipinski definition) is 1. The van der Waals surface area contributed by atoms with Crippen molar-refractivity contribution in [2.24, 2.45) is 0 Å². The molecule has 0 aliphatic carbocycles. The summed E-state index contributed by atoms with van der Waals surface area (Å²) in [6.45, 7) is 5.33. The maximum Gasteiger partial charge on any atom is 0.293 e. The molecular weight excluding hydrogens is 272 g/mol. The lowest BCUT2D eigenvalue weighted by Gasteiger charge is -2.33. The summed E-state index contributed by atoms with van der Waals surface area (Å²) < 4.78 is 10.6. The van der Waals surface area contributed by atoms with Crippen LogP contribution in [0.3, 0.4) is 0 Å². The maximum absolute atomic E-state index is 12.6. The third-order valence-electron chi connectivity index (χ3n) is 3.56. The van der Waals surface area contributed by atoms with Crippen LogP contribution in [0.25, 0.3) is 0 Å². The van der Waals surface area contributed by atoms with E-state index in [1.54, 1.807) is 17.2 Å². The summed E-state index contributed by atoms with van der Waals surface area (Å²) in [7, 11) is 0. The average molecular weight is 290 g/mol. The van der Waals surface area contributed by atoms with Crippen molar-refractivity contribution < 1.29 is 14.1 Å². The monoisotopic (exact) mass is 290 g/mol. The first-order chi connectivity index (χ1) is 10.2. The highest BCUT2D eigenvalue weighted by atomic mass is 16.5. The van der Waals surface area contributed by atoms with Crippen LogP contribution in [0.5, 0.6) is 0 Å². The van der Waals surface area contributed by atoms with Gasteiger partial charge in [-0.25, -0.2) is 4.98 Å². The first-order valence-electron chi connectivity index (χ1n) is 7.05. The van der Waals surface area contributed by atoms with Crippen molar-refractivity contribution in [2.75, 3.05) is 19.8 Å². The molecule has 2 aromatic rings. The Labute approximate surface area is 122 Å². The van der Waals surface area contributed by atoms with Crippen LogP contribution in [0.2, 0.25) is 0 Å². The van der Waals surface area contributed by atoms with Crippen LogP contribution in [0, 0.1) is 6.92 Å². The van der Waals surface area contributed by atoms with Gasteiger partial charge in [-0.15, -0.1) is 0 Å². The van der Waals surface area contributed by atoms with Crippen molar-refractivity contribution in [2.45, 2.75) is 26.3 Å². The van der Waals surface area contributed by atoms with Crippen LogP contribution in [0.4, 0.5) is 0 Å². The van der Waals surface area contributed by atoms with Crippen LogP contribution >= 0.6 is 0 Å². The third-order valence-corrected chi connectivity index (χ3v) is 3.56. The minimum absolute atomic E-state index is 0.176. The summed E-state index contributed by atoms with van der Waals surface area (Å²) in [6.07, 6.45) is 2.48. The predicted molar refractivity (Wildman–Crippen MR) is 73.8 cm³/mol. The molecular formula is C14H18N4O3. The Kier molecular flexibility index (Phi) is 3.74. The van der Waals surface area contributed by atoms with Crippen molar-refractivity contribution in [1.82, 2.24) is 20.0 Å². The topological polar surface area (TPSA) is 84.3 Å². The molecule has 1 fully saturated rings. The smallest absolute Gasteiger partial charge is 0.293 e. The lowest BCUT2D eigenvalue weighted by Crippen LogP contribution is -2.43. The van der Waals surface area contributed by atoms with E-state index in [9.17, 15) is 4.79 Å². The van der Waals surface area contributed by atoms with Crippen LogP contribution < -0.4 is 0 Å². The second kappa shape index (κ2) is 5.69. The molecule has 1 saturated heterocycles. The Bertz CT molecular complexity index is 634. The maximum atomic E-state index is 12.6. The number of aromatic nitrogens is 3. The van der Waals surface area contributed by atoms with Crippen molar-refractivity contribution in [1.29, 1.82) is 0 Å². The SMILES string of the molecule is CCc1cc(C(=O)N2CCOC[C@@H]2c2ncc(C)[nH]2)on1. The van der Waals surface area contributed by atoms with Crippen LogP contribution in [-0.2, 0) is 11.2 Å². The van der Waals surface area contributed by atoms with Crippen LogP contribution in [0.15, 0.2) is 16.8 Å². The van der Waals surface area contributed by atoms with E-state index in [1.807, 2.05) is 13.8 Å². The van der Waals surface area contributed by atoms with Gasteiger partial charge in [0.25, 0.3) is 5.91 Å². The summed E-state index contributed by atoms with van der Waals surface area (Å²) in [6, 6.07) is 1.47. The number of morpholine rings is 1. The third kappa shape index (κ3) is 2.69. The molecule has 1 aliphatic rings. The van der Waals surface area contributed by atoms with E-state index >= 15 is 0 Å². The van der Waals surface area contributed by atoms with E-state index in [1.165, 1.54) is 0 Å². The summed E-state index contributed by atoms with van der Waals surface area (Å²) in [5.74, 6) is 0.822. The van der Waals surface area contributed by atoms with Gasteiger partial charge in [-0.1, -0.05) is 12.1 Å². The molecule has 112 valence electrons. The highest BCUT2D eigenvalue weighted by Crippen LogP contribution is 2.24. The number of aryl methyl sites for hydroxylation is 2. The number of rotatable bonds is 3. The fraction of sp³-hybridized carbons (Fsp3) is 0.500. The molecule has 1 amide bonds. The van der Waals surface area contributed by atoms with E-state index in [4.69, 9.17) is 9.26 Å². The summed E-state index contributed by atoms with van der Waals surface area (Å²) in [5, 5.41) is 3.88. The van der Waals surface area contributed by atoms with Crippen LogP contribution in [-0.4, -0.2) is 45.7 Å². The van der Waals surface area contributed by atoms with Gasteiger partial charge in [-0.2, -0.15) is 0 Å². The molecule has 7 heteroatoms. The van der Waals surface area contributed by atoms with E-state index in [-0.39, 0.29) is 17.7 Å². The molecule has 1 aliphatic heterocycles. The molecule has 1 N–H and O–H groups in total. The molecule has 1 atom stereocenters. The predicted octanol–water partition coefficient (Wildman–Crippen LogP) is 1.48. The summed E-state index contributed by atoms with van der Waals surface area (Å²) in [5.41, 5.74) is 1.73. The summed E-state index contributed by atoms with van der Waals surface area (Å²) in [4.78, 5) is 21.8. The Morgan fingerprint density at radius 2 is 2.43 bits per heavy atom. The van der Waals surface area contributed by atoms with Gasteiger partial charge in [0.15, 0.2) is 0 Å². The molecule has 2 aromatic heterocycles. The van der Waals surface area contributed by atoms with Crippen molar-refractivity contribution in [3.8, 4) is 0 Å². The van der Waals surface area contributed by atoms with Gasteiger partial charge in [0.05, 0.1) is 18.9 Å². The Morgan fingerprint density at radius 1 is 1.57 bits per heavy atom. The molecule has 7 nitrogen and oxygen atoms in total. The zero-order valence-corrected chi connectivity index (χ0v) is 12.1. The zero-order chi connectivity index (χ0) is 14.8. The fourth-order valence-electron chi connectivity index (χ4n) is 2.40. The van der Waals surface area contributed by atoms with Crippen molar-refractivity contribution in [3.05, 3.63) is 35.2 Å². The number of aromatic amines is 1. The first-order valence-corrected chi connectivity index (χ1v) is 7.05. The highest BCUT2D eigenvalue weighted by molar-refractivity contribution is 5.91. The summed E-state index contributed by atoms with van der Waals surface area (Å²) >= 11 is 0. The van der Waals surface area contributed by atoms with Gasteiger partial charge in [0.2, 0.25) is 5.76 Å². The van der Waals surface area contributed by atoms with E-state index in [0.29, 0.717) is 19.8 Å². The number of amides is 1. The average Bonchev–Trinajstić information content (AvgIpc) is 3.15. The molecule has 0 radical (unpaired) electrons. The minimum atomic E-state index is -0.227. The lowest BCUT2D eigenvalue weighted by atomic mass is 10.2. The first kappa shape index (κ1) is 13.8. The van der Waals surface area contributed by atoms with Crippen molar-refractivity contribution >= 4 is 5.91 Å². The van der Waals surface area contributed by atoms with Gasteiger partial charge in [0, 0.05) is 24.5 Å². The molecule has 0 saturated carbocycles. The number of imidazole rings is 1. The number of H-pyrrole nitrogens is 1. The van der Waals surface area contributed by atoms with Gasteiger partial charge >= 0.3 is 0 Å². The second-order valence-electron chi connectivity index (χ2n) is 5.08. The van der Waals surface area contributed by atoms with Gasteiger partial charge in [0.1, 0.15) is 11.9 Å². The van der Waals surface area contributed by atoms with Gasteiger partial charge in [-0.05, 0) is 13.3 Å². The molecule has 0 aromatic carbocycles. The number of nitrogens with one attached hydrogen (secondary N) is 1. The quantitative estimate of drug-likeness (QED) is 0.925. The number of carbonyl (C=O) groups excluding carboxylic acids is 1. The fourth-order valence-corrected chi connectivity index (χ4v) is 2.40. The molecule has 3 heterocycles. The number of hydrogen-bond acceptors (Lipinski definition) is 5. The Balaban J connectivity index is 1.85. The largest absolute Gasteiger partial charge is 0.377 e. The van der Waals surface area contributed by atoms with E-state index < -0.39 is 0 Å². The minimum Gasteiger partial charge on any atom is -0.377 e. The van der Waals surface area contributed by atoms with E-state index in [0.717, 1.165) is 23.6 Å². The molecule has 3 rings (SSSR count). The van der Waals surface area contributed by atoms with Crippen molar-refractivity contribution in [3.63, 3.8) is 0 Å². The lowest BCUT2D eigenvalue weighted by molar-refractivity contribution is -0.00692. The Morgan fingerprint density at radius 3 is 3.10 bits per heavy atom. The second-order valence-corrected chi connectivity index (χ2v) is 5.08. The highest BCUT2D eigenvalue weighted by Gasteiger charge is 2.33. The van der Waals surface area contributed by atoms with Gasteiger partial charge < -0.3 is 19.1 Å². The molecule has 21 heavy (non-hydrogen) atoms. The zero-order valence-electron chi connectivity index (χ0n) is 12.1. The number of ether oxygens (including phenoxy) is 1. The number of nitrogens with zero attached hydrogens (tertiary/aromatic N) is 3.